The molecule has 3 aromatic heterocycles. The van der Waals surface area contributed by atoms with E-state index in [0.29, 0.717) is 5.02 Å². The Kier molecular flexibility index (Phi) is 4.93. The van der Waals surface area contributed by atoms with Gasteiger partial charge in [-0.25, -0.2) is 0 Å². The highest BCUT2D eigenvalue weighted by Crippen LogP contribution is 2.38. The molecule has 0 aliphatic carbocycles. The Balaban J connectivity index is 1.82. The van der Waals surface area contributed by atoms with E-state index in [4.69, 9.17) is 17.3 Å². The van der Waals surface area contributed by atoms with Crippen LogP contribution in [0.25, 0.3) is 21.5 Å². The third-order valence-corrected chi connectivity index (χ3v) is 6.30. The minimum Gasteiger partial charge on any atom is -0.386 e. The number of hydrogen-bond donors (Lipinski definition) is 2. The summed E-state index contributed by atoms with van der Waals surface area (Å²) in [6.07, 6.45) is 3.49. The molecule has 1 aromatic carbocycles. The SMILES string of the molecule is CC(C)(O)c1ccnc(-c2ccnc3cc(C(N)c4ccccc4Cl)sc23)c1. The average molecular weight is 410 g/mol. The van der Waals surface area contributed by atoms with Crippen molar-refractivity contribution in [2.75, 3.05) is 0 Å². The summed E-state index contributed by atoms with van der Waals surface area (Å²) in [7, 11) is 0. The van der Waals surface area contributed by atoms with Crippen LogP contribution < -0.4 is 5.73 Å². The van der Waals surface area contributed by atoms with Crippen LogP contribution in [-0.4, -0.2) is 15.1 Å². The van der Waals surface area contributed by atoms with Crippen molar-refractivity contribution in [1.29, 1.82) is 0 Å². The summed E-state index contributed by atoms with van der Waals surface area (Å²) >= 11 is 7.93. The fourth-order valence-corrected chi connectivity index (χ4v) is 4.56. The maximum atomic E-state index is 10.3. The molecule has 3 heterocycles. The number of aromatic nitrogens is 2. The van der Waals surface area contributed by atoms with Crippen LogP contribution in [0.15, 0.2) is 60.9 Å². The van der Waals surface area contributed by atoms with E-state index in [1.807, 2.05) is 48.5 Å². The molecule has 0 saturated heterocycles. The maximum absolute atomic E-state index is 10.3. The van der Waals surface area contributed by atoms with Crippen molar-refractivity contribution in [3.8, 4) is 11.3 Å². The average Bonchev–Trinajstić information content (AvgIpc) is 3.11. The third-order valence-electron chi connectivity index (χ3n) is 4.72. The summed E-state index contributed by atoms with van der Waals surface area (Å²) < 4.78 is 1.01. The number of aliphatic hydroxyl groups is 1. The van der Waals surface area contributed by atoms with Gasteiger partial charge in [0.2, 0.25) is 0 Å². The molecule has 0 bridgehead atoms. The van der Waals surface area contributed by atoms with Gasteiger partial charge in [-0.05, 0) is 55.3 Å². The van der Waals surface area contributed by atoms with Gasteiger partial charge in [0.25, 0.3) is 0 Å². The zero-order chi connectivity index (χ0) is 19.9. The van der Waals surface area contributed by atoms with Crippen LogP contribution in [0.1, 0.15) is 35.9 Å². The second-order valence-electron chi connectivity index (χ2n) is 7.21. The van der Waals surface area contributed by atoms with Crippen LogP contribution in [0.2, 0.25) is 5.02 Å². The first-order valence-electron chi connectivity index (χ1n) is 8.92. The monoisotopic (exact) mass is 409 g/mol. The van der Waals surface area contributed by atoms with Gasteiger partial charge in [-0.15, -0.1) is 11.3 Å². The molecular formula is C22H20ClN3OS. The number of thiophene rings is 1. The fraction of sp³-hybridized carbons (Fsp3) is 0.182. The molecule has 6 heteroatoms. The minimum absolute atomic E-state index is 0.323. The normalized spacial score (nSPS) is 13.0. The molecule has 142 valence electrons. The first-order chi connectivity index (χ1) is 13.3. The predicted octanol–water partition coefficient (Wildman–Crippen LogP) is 5.29. The Labute approximate surface area is 172 Å². The zero-order valence-corrected chi connectivity index (χ0v) is 17.1. The van der Waals surface area contributed by atoms with Crippen molar-refractivity contribution in [2.24, 2.45) is 5.73 Å². The Bertz CT molecular complexity index is 1150. The number of nitrogens with two attached hydrogens (primary N) is 1. The lowest BCUT2D eigenvalue weighted by Gasteiger charge is -2.18. The van der Waals surface area contributed by atoms with Crippen LogP contribution in [0.3, 0.4) is 0 Å². The second kappa shape index (κ2) is 7.26. The van der Waals surface area contributed by atoms with Gasteiger partial charge in [0, 0.05) is 27.9 Å². The van der Waals surface area contributed by atoms with E-state index in [-0.39, 0.29) is 6.04 Å². The van der Waals surface area contributed by atoms with Crippen LogP contribution in [0.4, 0.5) is 0 Å². The predicted molar refractivity (Wildman–Crippen MR) is 116 cm³/mol. The van der Waals surface area contributed by atoms with Crippen molar-refractivity contribution < 1.29 is 5.11 Å². The lowest BCUT2D eigenvalue weighted by Crippen LogP contribution is -2.15. The summed E-state index contributed by atoms with van der Waals surface area (Å²) in [5, 5.41) is 11.0. The number of benzene rings is 1. The Morgan fingerprint density at radius 1 is 1.07 bits per heavy atom. The number of halogens is 1. The van der Waals surface area contributed by atoms with Crippen LogP contribution >= 0.6 is 22.9 Å². The first kappa shape index (κ1) is 19.0. The Hall–Kier alpha value is -2.31. The van der Waals surface area contributed by atoms with Crippen LogP contribution in [0, 0.1) is 0 Å². The summed E-state index contributed by atoms with van der Waals surface area (Å²) in [4.78, 5) is 10.0. The molecule has 0 aliphatic rings. The van der Waals surface area contributed by atoms with E-state index in [0.717, 1.165) is 37.5 Å². The highest BCUT2D eigenvalue weighted by molar-refractivity contribution is 7.19. The number of nitrogens with zero attached hydrogens (tertiary/aromatic N) is 2. The first-order valence-corrected chi connectivity index (χ1v) is 10.1. The molecule has 1 unspecified atom stereocenters. The van der Waals surface area contributed by atoms with E-state index in [2.05, 4.69) is 9.97 Å². The van der Waals surface area contributed by atoms with Crippen LogP contribution in [0.5, 0.6) is 0 Å². The van der Waals surface area contributed by atoms with E-state index in [1.165, 1.54) is 0 Å². The van der Waals surface area contributed by atoms with Gasteiger partial charge >= 0.3 is 0 Å². The molecule has 4 nitrogen and oxygen atoms in total. The molecule has 1 atom stereocenters. The third kappa shape index (κ3) is 3.54. The minimum atomic E-state index is -0.934. The molecular weight excluding hydrogens is 390 g/mol. The smallest absolute Gasteiger partial charge is 0.0841 e. The lowest BCUT2D eigenvalue weighted by molar-refractivity contribution is 0.0785. The van der Waals surface area contributed by atoms with E-state index in [1.54, 1.807) is 37.6 Å². The maximum Gasteiger partial charge on any atom is 0.0841 e. The van der Waals surface area contributed by atoms with Gasteiger partial charge in [-0.3, -0.25) is 9.97 Å². The van der Waals surface area contributed by atoms with Crippen LogP contribution in [-0.2, 0) is 5.60 Å². The van der Waals surface area contributed by atoms with Crippen molar-refractivity contribution in [3.63, 3.8) is 0 Å². The van der Waals surface area contributed by atoms with Crippen molar-refractivity contribution in [2.45, 2.75) is 25.5 Å². The summed E-state index contributed by atoms with van der Waals surface area (Å²) in [5.74, 6) is 0. The number of rotatable bonds is 4. The molecule has 4 aromatic rings. The molecule has 3 N–H and O–H groups in total. The standard InChI is InChI=1S/C22H20ClN3OS/c1-22(2,27)13-7-9-25-17(11-13)15-8-10-26-18-12-19(28-21(15)18)20(24)14-5-3-4-6-16(14)23/h3-12,20,27H,24H2,1-2H3. The van der Waals surface area contributed by atoms with Gasteiger partial charge in [-0.1, -0.05) is 29.8 Å². The number of fused-ring (bicyclic) bond motifs is 1. The van der Waals surface area contributed by atoms with Gasteiger partial charge in [0.05, 0.1) is 27.6 Å². The number of hydrogen-bond acceptors (Lipinski definition) is 5. The highest BCUT2D eigenvalue weighted by atomic mass is 35.5. The summed E-state index contributed by atoms with van der Waals surface area (Å²) in [6.45, 7) is 3.53. The van der Waals surface area contributed by atoms with Gasteiger partial charge in [0.1, 0.15) is 0 Å². The van der Waals surface area contributed by atoms with E-state index >= 15 is 0 Å². The Morgan fingerprint density at radius 2 is 1.82 bits per heavy atom. The van der Waals surface area contributed by atoms with Gasteiger partial charge < -0.3 is 10.8 Å². The summed E-state index contributed by atoms with van der Waals surface area (Å²) in [5.41, 5.74) is 9.91. The molecule has 28 heavy (non-hydrogen) atoms. The molecule has 0 aliphatic heterocycles. The zero-order valence-electron chi connectivity index (χ0n) is 15.6. The molecule has 0 amide bonds. The molecule has 0 fully saturated rings. The largest absolute Gasteiger partial charge is 0.386 e. The van der Waals surface area contributed by atoms with Crippen molar-refractivity contribution in [1.82, 2.24) is 9.97 Å². The molecule has 0 radical (unpaired) electrons. The fourth-order valence-electron chi connectivity index (χ4n) is 3.15. The molecule has 0 saturated carbocycles. The molecule has 0 spiro atoms. The van der Waals surface area contributed by atoms with E-state index in [9.17, 15) is 5.11 Å². The second-order valence-corrected chi connectivity index (χ2v) is 8.70. The molecule has 4 rings (SSSR count). The summed E-state index contributed by atoms with van der Waals surface area (Å²) in [6, 6.07) is 15.0. The topological polar surface area (TPSA) is 72.0 Å². The van der Waals surface area contributed by atoms with Gasteiger partial charge in [0.15, 0.2) is 0 Å². The quantitative estimate of drug-likeness (QED) is 0.480. The lowest BCUT2D eigenvalue weighted by atomic mass is 9.97. The van der Waals surface area contributed by atoms with E-state index < -0.39 is 5.60 Å². The van der Waals surface area contributed by atoms with Crippen molar-refractivity contribution >= 4 is 33.2 Å². The number of pyridine rings is 2. The van der Waals surface area contributed by atoms with Gasteiger partial charge in [-0.2, -0.15) is 0 Å². The highest BCUT2D eigenvalue weighted by Gasteiger charge is 2.20. The Morgan fingerprint density at radius 3 is 2.57 bits per heavy atom. The van der Waals surface area contributed by atoms with Crippen molar-refractivity contribution in [3.05, 3.63) is 82.0 Å².